The molecule has 5 N–H and O–H groups in total. The van der Waals surface area contributed by atoms with Crippen LogP contribution in [0.15, 0.2) is 78.9 Å². The molecule has 0 radical (unpaired) electrons. The topological polar surface area (TPSA) is 113 Å². The molecule has 0 fully saturated rings. The van der Waals surface area contributed by atoms with E-state index in [2.05, 4.69) is 29.8 Å². The Bertz CT molecular complexity index is 1290. The van der Waals surface area contributed by atoms with Crippen LogP contribution in [0.25, 0.3) is 0 Å². The molecular formula is C36H48N4O3. The molecule has 43 heavy (non-hydrogen) atoms. The average molecular weight is 585 g/mol. The first-order valence-corrected chi connectivity index (χ1v) is 15.6. The second-order valence-electron chi connectivity index (χ2n) is 11.5. The Morgan fingerprint density at radius 1 is 0.744 bits per heavy atom. The second kappa shape index (κ2) is 17.2. The molecule has 230 valence electrons. The summed E-state index contributed by atoms with van der Waals surface area (Å²) in [5.41, 5.74) is 11.8. The van der Waals surface area contributed by atoms with Crippen LogP contribution in [-0.4, -0.2) is 35.8 Å². The first kappa shape index (κ1) is 33.5. The van der Waals surface area contributed by atoms with Crippen LogP contribution in [0, 0.1) is 5.92 Å². The van der Waals surface area contributed by atoms with Crippen LogP contribution in [0.5, 0.6) is 0 Å². The summed E-state index contributed by atoms with van der Waals surface area (Å²) in [4.78, 5) is 39.6. The standard InChI is InChI=1S/C36H48N4O3/c1-5-28-20-14-21-29(6-2)35(28)40-33(42)24-30(37)31(23-27-17-11-8-12-18-27)38-36(43)34(25(3)4)39-32(41)22-13-19-26-15-9-7-10-16-26/h7-12,14-18,20-21,25,30-31,34H,5-6,13,19,22-24,37H2,1-4H3,(H,38,43)(H,39,41)(H,40,42)/t30-,31-,34-/m0/s1. The van der Waals surface area contributed by atoms with E-state index in [-0.39, 0.29) is 30.1 Å². The van der Waals surface area contributed by atoms with Gasteiger partial charge in [-0.25, -0.2) is 0 Å². The molecule has 0 heterocycles. The van der Waals surface area contributed by atoms with E-state index in [0.717, 1.165) is 41.6 Å². The number of carbonyl (C=O) groups excluding carboxylic acids is 3. The molecule has 0 saturated heterocycles. The van der Waals surface area contributed by atoms with Gasteiger partial charge in [0.1, 0.15) is 6.04 Å². The molecule has 0 spiro atoms. The number of benzene rings is 3. The Balaban J connectivity index is 1.68. The summed E-state index contributed by atoms with van der Waals surface area (Å²) in [6.07, 6.45) is 3.93. The Labute approximate surface area is 257 Å². The van der Waals surface area contributed by atoms with Crippen molar-refractivity contribution in [3.63, 3.8) is 0 Å². The van der Waals surface area contributed by atoms with E-state index in [9.17, 15) is 14.4 Å². The summed E-state index contributed by atoms with van der Waals surface area (Å²) >= 11 is 0. The minimum atomic E-state index is -0.716. The van der Waals surface area contributed by atoms with Crippen molar-refractivity contribution >= 4 is 23.4 Å². The van der Waals surface area contributed by atoms with Crippen molar-refractivity contribution in [2.45, 2.75) is 90.8 Å². The number of anilines is 1. The fraction of sp³-hybridized carbons (Fsp3) is 0.417. The van der Waals surface area contributed by atoms with Crippen LogP contribution >= 0.6 is 0 Å². The van der Waals surface area contributed by atoms with Crippen LogP contribution in [0.2, 0.25) is 0 Å². The van der Waals surface area contributed by atoms with Gasteiger partial charge in [0.2, 0.25) is 17.7 Å². The van der Waals surface area contributed by atoms with Crippen LogP contribution in [0.3, 0.4) is 0 Å². The summed E-state index contributed by atoms with van der Waals surface area (Å²) in [7, 11) is 0. The molecule has 0 aliphatic rings. The maximum absolute atomic E-state index is 13.6. The monoisotopic (exact) mass is 584 g/mol. The zero-order chi connectivity index (χ0) is 31.2. The van der Waals surface area contributed by atoms with Gasteiger partial charge >= 0.3 is 0 Å². The highest BCUT2D eigenvalue weighted by Gasteiger charge is 2.29. The SMILES string of the molecule is CCc1cccc(CC)c1NC(=O)C[C@H](N)[C@H](Cc1ccccc1)NC(=O)[C@@H](NC(=O)CCCc1ccccc1)C(C)C. The molecule has 0 unspecified atom stereocenters. The highest BCUT2D eigenvalue weighted by atomic mass is 16.2. The molecule has 0 aromatic heterocycles. The van der Waals surface area contributed by atoms with E-state index < -0.39 is 18.1 Å². The zero-order valence-corrected chi connectivity index (χ0v) is 26.1. The number of rotatable bonds is 16. The van der Waals surface area contributed by atoms with Crippen LogP contribution in [0.1, 0.15) is 69.2 Å². The van der Waals surface area contributed by atoms with Crippen molar-refractivity contribution in [3.8, 4) is 0 Å². The van der Waals surface area contributed by atoms with Crippen molar-refractivity contribution in [1.29, 1.82) is 0 Å². The summed E-state index contributed by atoms with van der Waals surface area (Å²) in [5, 5.41) is 9.12. The van der Waals surface area contributed by atoms with Gasteiger partial charge in [-0.05, 0) is 60.3 Å². The van der Waals surface area contributed by atoms with E-state index in [1.807, 2.05) is 92.7 Å². The molecule has 7 nitrogen and oxygen atoms in total. The molecule has 3 aromatic rings. The summed E-state index contributed by atoms with van der Waals surface area (Å²) < 4.78 is 0. The third-order valence-corrected chi connectivity index (χ3v) is 7.81. The molecule has 0 bridgehead atoms. The number of nitrogens with one attached hydrogen (secondary N) is 3. The van der Waals surface area contributed by atoms with Crippen molar-refractivity contribution < 1.29 is 14.4 Å². The van der Waals surface area contributed by atoms with Gasteiger partial charge in [0.25, 0.3) is 0 Å². The fourth-order valence-corrected chi connectivity index (χ4v) is 5.28. The van der Waals surface area contributed by atoms with Gasteiger partial charge < -0.3 is 21.7 Å². The Kier molecular flexibility index (Phi) is 13.4. The smallest absolute Gasteiger partial charge is 0.243 e. The first-order valence-electron chi connectivity index (χ1n) is 15.6. The minimum Gasteiger partial charge on any atom is -0.350 e. The zero-order valence-electron chi connectivity index (χ0n) is 26.1. The quantitative estimate of drug-likeness (QED) is 0.182. The number of hydrogen-bond donors (Lipinski definition) is 4. The molecule has 3 rings (SSSR count). The van der Waals surface area contributed by atoms with E-state index >= 15 is 0 Å². The van der Waals surface area contributed by atoms with E-state index in [4.69, 9.17) is 5.73 Å². The number of amides is 3. The number of para-hydroxylation sites is 1. The fourth-order valence-electron chi connectivity index (χ4n) is 5.28. The lowest BCUT2D eigenvalue weighted by atomic mass is 9.95. The molecule has 0 saturated carbocycles. The number of carbonyl (C=O) groups is 3. The maximum atomic E-state index is 13.6. The normalized spacial score (nSPS) is 13.2. The maximum Gasteiger partial charge on any atom is 0.243 e. The van der Waals surface area contributed by atoms with Gasteiger partial charge in [-0.2, -0.15) is 0 Å². The van der Waals surface area contributed by atoms with Crippen molar-refractivity contribution in [2.75, 3.05) is 5.32 Å². The molecule has 3 aromatic carbocycles. The largest absolute Gasteiger partial charge is 0.350 e. The number of nitrogens with two attached hydrogens (primary N) is 1. The first-order chi connectivity index (χ1) is 20.7. The lowest BCUT2D eigenvalue weighted by Crippen LogP contribution is -2.57. The third kappa shape index (κ3) is 10.7. The van der Waals surface area contributed by atoms with E-state index in [1.54, 1.807) is 0 Å². The Morgan fingerprint density at radius 2 is 1.33 bits per heavy atom. The predicted octanol–water partition coefficient (Wildman–Crippen LogP) is 5.36. The lowest BCUT2D eigenvalue weighted by molar-refractivity contribution is -0.130. The third-order valence-electron chi connectivity index (χ3n) is 7.81. The Morgan fingerprint density at radius 3 is 1.88 bits per heavy atom. The molecule has 7 heteroatoms. The van der Waals surface area contributed by atoms with Gasteiger partial charge in [0.05, 0.1) is 0 Å². The number of aryl methyl sites for hydroxylation is 3. The van der Waals surface area contributed by atoms with Crippen molar-refractivity contribution in [2.24, 2.45) is 11.7 Å². The van der Waals surface area contributed by atoms with Gasteiger partial charge in [-0.15, -0.1) is 0 Å². The van der Waals surface area contributed by atoms with Gasteiger partial charge in [-0.1, -0.05) is 107 Å². The molecular weight excluding hydrogens is 536 g/mol. The highest BCUT2D eigenvalue weighted by Crippen LogP contribution is 2.23. The molecule has 3 amide bonds. The van der Waals surface area contributed by atoms with Gasteiger partial charge in [-0.3, -0.25) is 14.4 Å². The van der Waals surface area contributed by atoms with Gasteiger partial charge in [0, 0.05) is 30.6 Å². The summed E-state index contributed by atoms with van der Waals surface area (Å²) in [6.45, 7) is 7.94. The summed E-state index contributed by atoms with van der Waals surface area (Å²) in [5.74, 6) is -0.780. The summed E-state index contributed by atoms with van der Waals surface area (Å²) in [6, 6.07) is 24.0. The van der Waals surface area contributed by atoms with Gasteiger partial charge in [0.15, 0.2) is 0 Å². The lowest BCUT2D eigenvalue weighted by Gasteiger charge is -2.29. The molecule has 3 atom stereocenters. The second-order valence-corrected chi connectivity index (χ2v) is 11.5. The predicted molar refractivity (Wildman–Crippen MR) is 175 cm³/mol. The average Bonchev–Trinajstić information content (AvgIpc) is 3.00. The molecule has 0 aliphatic carbocycles. The van der Waals surface area contributed by atoms with E-state index in [0.29, 0.717) is 19.3 Å². The van der Waals surface area contributed by atoms with E-state index in [1.165, 1.54) is 5.56 Å². The minimum absolute atomic E-state index is 0.0389. The van der Waals surface area contributed by atoms with Crippen LogP contribution in [0.4, 0.5) is 5.69 Å². The number of hydrogen-bond acceptors (Lipinski definition) is 4. The highest BCUT2D eigenvalue weighted by molar-refractivity contribution is 5.93. The Hall–Kier alpha value is -3.97. The van der Waals surface area contributed by atoms with Crippen molar-refractivity contribution in [3.05, 3.63) is 101 Å². The van der Waals surface area contributed by atoms with Crippen LogP contribution < -0.4 is 21.7 Å². The van der Waals surface area contributed by atoms with Crippen LogP contribution in [-0.2, 0) is 40.1 Å². The molecule has 0 aliphatic heterocycles. The van der Waals surface area contributed by atoms with Crippen molar-refractivity contribution in [1.82, 2.24) is 10.6 Å².